The fourth-order valence-corrected chi connectivity index (χ4v) is 13.9. The van der Waals surface area contributed by atoms with Gasteiger partial charge >= 0.3 is 17.9 Å². The van der Waals surface area contributed by atoms with E-state index in [0.29, 0.717) is 85.0 Å². The molecule has 69 heavy (non-hydrogen) atoms. The molecular formula is C56H95N3O10. The third-order valence-corrected chi connectivity index (χ3v) is 17.9. The molecule has 0 aromatic rings. The van der Waals surface area contributed by atoms with E-state index in [9.17, 15) is 28.8 Å². The molecule has 7 aliphatic rings. The topological polar surface area (TPSA) is 149 Å². The monoisotopic (exact) mass is 970 g/mol. The van der Waals surface area contributed by atoms with E-state index in [1.165, 1.54) is 59.9 Å². The molecule has 4 aliphatic heterocycles. The van der Waals surface area contributed by atoms with Gasteiger partial charge in [0.05, 0.1) is 58.3 Å². The fourth-order valence-electron chi connectivity index (χ4n) is 13.9. The Kier molecular flexibility index (Phi) is 21.3. The van der Waals surface area contributed by atoms with Gasteiger partial charge < -0.3 is 33.6 Å². The van der Waals surface area contributed by atoms with Gasteiger partial charge in [-0.2, -0.15) is 0 Å². The Morgan fingerprint density at radius 2 is 0.768 bits per heavy atom. The summed E-state index contributed by atoms with van der Waals surface area (Å²) in [6, 6.07) is 2.18. The van der Waals surface area contributed by atoms with Gasteiger partial charge in [-0.25, -0.2) is 0 Å². The highest BCUT2D eigenvalue weighted by molar-refractivity contribution is 5.86. The Morgan fingerprint density at radius 3 is 1.07 bits per heavy atom. The van der Waals surface area contributed by atoms with Crippen LogP contribution in [-0.2, 0) is 47.7 Å². The summed E-state index contributed by atoms with van der Waals surface area (Å²) in [4.78, 5) is 82.0. The van der Waals surface area contributed by atoms with E-state index in [0.717, 1.165) is 51.4 Å². The van der Waals surface area contributed by atoms with Gasteiger partial charge in [0.15, 0.2) is 0 Å². The Labute approximate surface area is 416 Å². The lowest BCUT2D eigenvalue weighted by Gasteiger charge is -2.38. The Balaban J connectivity index is 0.000000194. The number of rotatable bonds is 15. The van der Waals surface area contributed by atoms with E-state index < -0.39 is 0 Å². The summed E-state index contributed by atoms with van der Waals surface area (Å²) in [6.07, 6.45) is 16.5. The van der Waals surface area contributed by atoms with Gasteiger partial charge in [-0.05, 0) is 124 Å². The number of likely N-dealkylation sites (tertiary alicyclic amines) is 3. The number of carbonyl (C=O) groups is 6. The zero-order valence-corrected chi connectivity index (χ0v) is 45.3. The SMILES string of the molecule is COC(=O)C[C@H](C(=O)N1C2CCC[C@H]2C[C@H]1C(C)C)C(C)C.COC(=O)C[C@H](C(=O)N1C2CCC[C@H]2C[C@H]1C(C)C)C(C)C.COC(=O)C[C@H](C(=O)N1C2CCC[C@H]2C[C@H]1C(C)C)C1CCOCC1. The lowest BCUT2D eigenvalue weighted by molar-refractivity contribution is -0.151. The fraction of sp³-hybridized carbons (Fsp3) is 0.893. The first kappa shape index (κ1) is 56.7. The van der Waals surface area contributed by atoms with E-state index in [2.05, 4.69) is 56.2 Å². The third-order valence-electron chi connectivity index (χ3n) is 17.9. The zero-order valence-electron chi connectivity index (χ0n) is 45.3. The second-order valence-corrected chi connectivity index (χ2v) is 23.8. The highest BCUT2D eigenvalue weighted by Crippen LogP contribution is 2.47. The van der Waals surface area contributed by atoms with Crippen LogP contribution >= 0.6 is 0 Å². The van der Waals surface area contributed by atoms with Gasteiger partial charge in [0.25, 0.3) is 0 Å². The van der Waals surface area contributed by atoms with Gasteiger partial charge in [0, 0.05) is 49.5 Å². The predicted molar refractivity (Wildman–Crippen MR) is 267 cm³/mol. The molecule has 7 fully saturated rings. The number of hydrogen-bond acceptors (Lipinski definition) is 10. The smallest absolute Gasteiger partial charge is 0.306 e. The molecular weight excluding hydrogens is 875 g/mol. The molecule has 0 radical (unpaired) electrons. The Hall–Kier alpha value is -3.22. The van der Waals surface area contributed by atoms with Crippen molar-refractivity contribution in [1.82, 2.24) is 14.7 Å². The van der Waals surface area contributed by atoms with Crippen LogP contribution in [-0.4, -0.2) is 121 Å². The number of fused-ring (bicyclic) bond motifs is 3. The van der Waals surface area contributed by atoms with Crippen molar-refractivity contribution in [2.45, 2.75) is 215 Å². The predicted octanol–water partition coefficient (Wildman–Crippen LogP) is 9.51. The second-order valence-electron chi connectivity index (χ2n) is 23.8. The lowest BCUT2D eigenvalue weighted by Crippen LogP contribution is -2.49. The number of carbonyl (C=O) groups excluding carboxylic acids is 6. The lowest BCUT2D eigenvalue weighted by atomic mass is 9.82. The highest BCUT2D eigenvalue weighted by Gasteiger charge is 2.51. The molecule has 7 rings (SSSR count). The van der Waals surface area contributed by atoms with Crippen LogP contribution < -0.4 is 0 Å². The van der Waals surface area contributed by atoms with Gasteiger partial charge in [-0.15, -0.1) is 0 Å². The maximum absolute atomic E-state index is 13.6. The second kappa shape index (κ2) is 25.9. The summed E-state index contributed by atoms with van der Waals surface area (Å²) in [6.45, 7) is 22.7. The van der Waals surface area contributed by atoms with Crippen molar-refractivity contribution >= 4 is 35.6 Å². The van der Waals surface area contributed by atoms with E-state index >= 15 is 0 Å². The molecule has 3 saturated carbocycles. The average Bonchev–Trinajstić information content (AvgIpc) is 4.18. The minimum absolute atomic E-state index is 0.153. The van der Waals surface area contributed by atoms with Crippen molar-refractivity contribution in [3.05, 3.63) is 0 Å². The maximum atomic E-state index is 13.6. The van der Waals surface area contributed by atoms with Crippen molar-refractivity contribution in [1.29, 1.82) is 0 Å². The molecule has 0 N–H and O–H groups in total. The van der Waals surface area contributed by atoms with Gasteiger partial charge in [0.2, 0.25) is 17.7 Å². The molecule has 13 heteroatoms. The van der Waals surface area contributed by atoms with Crippen molar-refractivity contribution in [2.24, 2.45) is 71.0 Å². The largest absolute Gasteiger partial charge is 0.469 e. The Bertz CT molecular complexity index is 1630. The minimum Gasteiger partial charge on any atom is -0.469 e. The molecule has 3 amide bonds. The average molecular weight is 970 g/mol. The summed E-state index contributed by atoms with van der Waals surface area (Å²) in [5, 5.41) is 0. The first-order chi connectivity index (χ1) is 32.7. The minimum atomic E-state index is -0.282. The first-order valence-corrected chi connectivity index (χ1v) is 27.5. The van der Waals surface area contributed by atoms with Gasteiger partial charge in [-0.1, -0.05) is 88.5 Å². The van der Waals surface area contributed by atoms with Crippen LogP contribution in [0.15, 0.2) is 0 Å². The van der Waals surface area contributed by atoms with E-state index in [1.54, 1.807) is 0 Å². The quantitative estimate of drug-likeness (QED) is 0.115. The number of hydrogen-bond donors (Lipinski definition) is 0. The highest BCUT2D eigenvalue weighted by atomic mass is 16.5. The summed E-state index contributed by atoms with van der Waals surface area (Å²) in [7, 11) is 4.20. The van der Waals surface area contributed by atoms with E-state index in [4.69, 9.17) is 18.9 Å². The first-order valence-electron chi connectivity index (χ1n) is 27.5. The molecule has 0 aromatic carbocycles. The van der Waals surface area contributed by atoms with Crippen LogP contribution in [0.25, 0.3) is 0 Å². The van der Waals surface area contributed by atoms with Crippen LogP contribution in [0.4, 0.5) is 0 Å². The van der Waals surface area contributed by atoms with Crippen molar-refractivity contribution < 1.29 is 47.7 Å². The van der Waals surface area contributed by atoms with Crippen LogP contribution in [0, 0.1) is 71.0 Å². The molecule has 12 atom stereocenters. The summed E-state index contributed by atoms with van der Waals surface area (Å²) >= 11 is 0. The number of ether oxygens (including phenoxy) is 4. The zero-order chi connectivity index (χ0) is 50.9. The molecule has 0 spiro atoms. The molecule has 4 heterocycles. The number of amides is 3. The third kappa shape index (κ3) is 13.6. The molecule has 3 unspecified atom stereocenters. The maximum Gasteiger partial charge on any atom is 0.306 e. The van der Waals surface area contributed by atoms with Crippen LogP contribution in [0.1, 0.15) is 178 Å². The van der Waals surface area contributed by atoms with Crippen molar-refractivity contribution in [3.8, 4) is 0 Å². The number of nitrogens with zero attached hydrogens (tertiary/aromatic N) is 3. The molecule has 0 aromatic heterocycles. The Morgan fingerprint density at radius 1 is 0.449 bits per heavy atom. The van der Waals surface area contributed by atoms with Crippen LogP contribution in [0.5, 0.6) is 0 Å². The summed E-state index contributed by atoms with van der Waals surface area (Å²) in [5.74, 6) is 2.89. The molecule has 13 nitrogen and oxygen atoms in total. The van der Waals surface area contributed by atoms with Crippen LogP contribution in [0.3, 0.4) is 0 Å². The van der Waals surface area contributed by atoms with Gasteiger partial charge in [0.1, 0.15) is 0 Å². The van der Waals surface area contributed by atoms with E-state index in [-0.39, 0.29) is 90.4 Å². The summed E-state index contributed by atoms with van der Waals surface area (Å²) in [5.41, 5.74) is 0. The molecule has 4 saturated heterocycles. The molecule has 3 aliphatic carbocycles. The molecule has 0 bridgehead atoms. The summed E-state index contributed by atoms with van der Waals surface area (Å²) < 4.78 is 20.0. The van der Waals surface area contributed by atoms with Crippen LogP contribution in [0.2, 0.25) is 0 Å². The number of esters is 3. The molecule has 394 valence electrons. The van der Waals surface area contributed by atoms with Gasteiger partial charge in [-0.3, -0.25) is 28.8 Å². The van der Waals surface area contributed by atoms with E-state index in [1.807, 2.05) is 27.7 Å². The number of methoxy groups -OCH3 is 3. The van der Waals surface area contributed by atoms with Crippen molar-refractivity contribution in [3.63, 3.8) is 0 Å². The normalized spacial score (nSPS) is 29.8. The standard InChI is InChI=1S/C20H33NO4.2C18H31NO3/c1-13(2)18-11-15-5-4-6-17(15)21(18)20(23)16(12-19(22)24-3)14-7-9-25-10-8-14;2*1-11(2)14(10-17(20)22-5)18(21)19-15-8-6-7-13(15)9-16(19)12(3)4/h13-18H,4-12H2,1-3H3;2*11-16H,6-10H2,1-5H3/t15-,16-,17?,18-;2*13-,14-,15?,16-/m000/s1. The van der Waals surface area contributed by atoms with Crippen molar-refractivity contribution in [2.75, 3.05) is 34.5 Å².